The molecule has 0 unspecified atom stereocenters. The lowest BCUT2D eigenvalue weighted by Crippen LogP contribution is -2.36. The van der Waals surface area contributed by atoms with E-state index < -0.39 is 0 Å². The third-order valence-corrected chi connectivity index (χ3v) is 5.36. The van der Waals surface area contributed by atoms with Crippen LogP contribution in [0.3, 0.4) is 0 Å². The molecule has 0 saturated heterocycles. The maximum Gasteiger partial charge on any atom is 0.132 e. The molecule has 0 bridgehead atoms. The van der Waals surface area contributed by atoms with E-state index in [1.54, 1.807) is 29.7 Å². The molecule has 1 aromatic carbocycles. The Morgan fingerprint density at radius 1 is 1.29 bits per heavy atom. The molecule has 0 radical (unpaired) electrons. The first-order valence-corrected chi connectivity index (χ1v) is 8.64. The number of imidazole rings is 1. The molecule has 2 aromatic heterocycles. The number of hydrogen-bond acceptors (Lipinski definition) is 4. The highest BCUT2D eigenvalue weighted by Crippen LogP contribution is 2.34. The summed E-state index contributed by atoms with van der Waals surface area (Å²) in [4.78, 5) is 10.1. The number of nitrogens with one attached hydrogen (secondary N) is 1. The van der Waals surface area contributed by atoms with Crippen LogP contribution in [0.25, 0.3) is 11.3 Å². The highest BCUT2D eigenvalue weighted by molar-refractivity contribution is 7.12. The molecular formula is C18H21FN4S. The third-order valence-electron chi connectivity index (χ3n) is 4.07. The summed E-state index contributed by atoms with van der Waals surface area (Å²) in [5, 5.41) is 4.43. The summed E-state index contributed by atoms with van der Waals surface area (Å²) in [7, 11) is 1.97. The molecule has 0 aliphatic rings. The van der Waals surface area contributed by atoms with Crippen LogP contribution < -0.4 is 5.32 Å². The van der Waals surface area contributed by atoms with E-state index in [1.807, 2.05) is 30.8 Å². The van der Waals surface area contributed by atoms with Crippen molar-refractivity contribution in [2.75, 3.05) is 0 Å². The molecule has 0 atom stereocenters. The average Bonchev–Trinajstić information content (AvgIpc) is 3.12. The topological polar surface area (TPSA) is 42.7 Å². The minimum Gasteiger partial charge on any atom is -0.337 e. The molecular weight excluding hydrogens is 323 g/mol. The second-order valence-corrected chi connectivity index (χ2v) is 7.54. The van der Waals surface area contributed by atoms with Crippen LogP contribution in [0.2, 0.25) is 0 Å². The van der Waals surface area contributed by atoms with Crippen LogP contribution in [0.4, 0.5) is 4.39 Å². The standard InChI is InChI=1S/C18H21FN4S/c1-12-16(13-7-5-6-8-14(13)19)22-17(24-12)18(2,3)21-11-15-20-9-10-23(15)4/h5-10,21H,11H2,1-4H3. The van der Waals surface area contributed by atoms with Gasteiger partial charge in [-0.2, -0.15) is 0 Å². The second kappa shape index (κ2) is 6.45. The molecule has 1 N–H and O–H groups in total. The van der Waals surface area contributed by atoms with E-state index in [2.05, 4.69) is 24.1 Å². The summed E-state index contributed by atoms with van der Waals surface area (Å²) in [5.41, 5.74) is 0.947. The van der Waals surface area contributed by atoms with Gasteiger partial charge in [-0.25, -0.2) is 14.4 Å². The zero-order valence-electron chi connectivity index (χ0n) is 14.3. The summed E-state index contributed by atoms with van der Waals surface area (Å²) in [5.74, 6) is 0.724. The molecule has 4 nitrogen and oxygen atoms in total. The fourth-order valence-electron chi connectivity index (χ4n) is 2.51. The number of rotatable bonds is 5. The first kappa shape index (κ1) is 16.8. The first-order valence-electron chi connectivity index (χ1n) is 7.82. The molecule has 126 valence electrons. The Morgan fingerprint density at radius 2 is 2.04 bits per heavy atom. The van der Waals surface area contributed by atoms with Crippen LogP contribution in [-0.2, 0) is 19.1 Å². The van der Waals surface area contributed by atoms with Gasteiger partial charge in [0.25, 0.3) is 0 Å². The van der Waals surface area contributed by atoms with E-state index in [-0.39, 0.29) is 11.4 Å². The average molecular weight is 344 g/mol. The van der Waals surface area contributed by atoms with Crippen LogP contribution in [0, 0.1) is 12.7 Å². The van der Waals surface area contributed by atoms with E-state index in [1.165, 1.54) is 6.07 Å². The van der Waals surface area contributed by atoms with Gasteiger partial charge in [-0.15, -0.1) is 11.3 Å². The van der Waals surface area contributed by atoms with Crippen LogP contribution in [0.5, 0.6) is 0 Å². The van der Waals surface area contributed by atoms with E-state index in [9.17, 15) is 4.39 Å². The van der Waals surface area contributed by atoms with Gasteiger partial charge in [0.15, 0.2) is 0 Å². The smallest absolute Gasteiger partial charge is 0.132 e. The van der Waals surface area contributed by atoms with Gasteiger partial charge < -0.3 is 4.57 Å². The Bertz CT molecular complexity index is 850. The number of halogens is 1. The van der Waals surface area contributed by atoms with Gasteiger partial charge in [-0.05, 0) is 32.9 Å². The van der Waals surface area contributed by atoms with E-state index in [0.29, 0.717) is 12.1 Å². The van der Waals surface area contributed by atoms with Crippen molar-refractivity contribution in [3.05, 3.63) is 58.2 Å². The normalized spacial score (nSPS) is 11.9. The maximum absolute atomic E-state index is 14.1. The first-order chi connectivity index (χ1) is 11.4. The van der Waals surface area contributed by atoms with E-state index in [4.69, 9.17) is 4.98 Å². The Kier molecular flexibility index (Phi) is 4.51. The predicted molar refractivity (Wildman–Crippen MR) is 95.3 cm³/mol. The molecule has 3 rings (SSSR count). The van der Waals surface area contributed by atoms with E-state index >= 15 is 0 Å². The second-order valence-electron chi connectivity index (χ2n) is 6.34. The molecule has 3 aromatic rings. The van der Waals surface area contributed by atoms with Crippen molar-refractivity contribution in [3.63, 3.8) is 0 Å². The van der Waals surface area contributed by atoms with Crippen LogP contribution >= 0.6 is 11.3 Å². The SMILES string of the molecule is Cc1sc(C(C)(C)NCc2nccn2C)nc1-c1ccccc1F. The van der Waals surface area contributed by atoms with Crippen molar-refractivity contribution in [3.8, 4) is 11.3 Å². The van der Waals surface area contributed by atoms with Crippen molar-refractivity contribution in [1.29, 1.82) is 0 Å². The van der Waals surface area contributed by atoms with Crippen molar-refractivity contribution in [2.45, 2.75) is 32.9 Å². The zero-order valence-corrected chi connectivity index (χ0v) is 15.1. The lowest BCUT2D eigenvalue weighted by Gasteiger charge is -2.23. The minimum absolute atomic E-state index is 0.240. The minimum atomic E-state index is -0.328. The fourth-order valence-corrected chi connectivity index (χ4v) is 3.52. The third kappa shape index (κ3) is 3.25. The van der Waals surface area contributed by atoms with Gasteiger partial charge >= 0.3 is 0 Å². The molecule has 6 heteroatoms. The monoisotopic (exact) mass is 344 g/mol. The lowest BCUT2D eigenvalue weighted by atomic mass is 10.1. The molecule has 0 aliphatic heterocycles. The number of nitrogens with zero attached hydrogens (tertiary/aromatic N) is 3. The van der Waals surface area contributed by atoms with Crippen molar-refractivity contribution in [2.24, 2.45) is 7.05 Å². The van der Waals surface area contributed by atoms with Crippen LogP contribution in [0.15, 0.2) is 36.7 Å². The summed E-state index contributed by atoms with van der Waals surface area (Å²) in [6, 6.07) is 6.77. The van der Waals surface area contributed by atoms with Gasteiger partial charge in [-0.1, -0.05) is 12.1 Å². The van der Waals surface area contributed by atoms with Gasteiger partial charge in [-0.3, -0.25) is 5.32 Å². The zero-order chi connectivity index (χ0) is 17.3. The molecule has 2 heterocycles. The number of aryl methyl sites for hydroxylation is 2. The summed E-state index contributed by atoms with van der Waals surface area (Å²) < 4.78 is 16.1. The highest BCUT2D eigenvalue weighted by atomic mass is 32.1. The fraction of sp³-hybridized carbons (Fsp3) is 0.333. The van der Waals surface area contributed by atoms with Crippen LogP contribution in [0.1, 0.15) is 29.6 Å². The number of thiazole rings is 1. The summed E-state index contributed by atoms with van der Waals surface area (Å²) in [6.45, 7) is 6.79. The van der Waals surface area contributed by atoms with Crippen LogP contribution in [-0.4, -0.2) is 14.5 Å². The maximum atomic E-state index is 14.1. The van der Waals surface area contributed by atoms with Gasteiger partial charge in [0, 0.05) is 29.9 Å². The molecule has 24 heavy (non-hydrogen) atoms. The van der Waals surface area contributed by atoms with Gasteiger partial charge in [0.2, 0.25) is 0 Å². The molecule has 0 saturated carbocycles. The highest BCUT2D eigenvalue weighted by Gasteiger charge is 2.26. The lowest BCUT2D eigenvalue weighted by molar-refractivity contribution is 0.391. The number of aromatic nitrogens is 3. The Hall–Kier alpha value is -2.05. The quantitative estimate of drug-likeness (QED) is 0.760. The van der Waals surface area contributed by atoms with Gasteiger partial charge in [0.1, 0.15) is 16.6 Å². The number of hydrogen-bond donors (Lipinski definition) is 1. The molecule has 0 amide bonds. The Morgan fingerprint density at radius 3 is 2.71 bits per heavy atom. The largest absolute Gasteiger partial charge is 0.337 e. The number of benzene rings is 1. The molecule has 0 fully saturated rings. The predicted octanol–water partition coefficient (Wildman–Crippen LogP) is 4.02. The summed E-state index contributed by atoms with van der Waals surface area (Å²) in [6.07, 6.45) is 3.71. The Labute approximate surface area is 145 Å². The molecule has 0 spiro atoms. The van der Waals surface area contributed by atoms with Crippen molar-refractivity contribution in [1.82, 2.24) is 19.9 Å². The van der Waals surface area contributed by atoms with Crippen molar-refractivity contribution < 1.29 is 4.39 Å². The van der Waals surface area contributed by atoms with Gasteiger partial charge in [0.05, 0.1) is 17.8 Å². The summed E-state index contributed by atoms with van der Waals surface area (Å²) >= 11 is 1.60. The van der Waals surface area contributed by atoms with Crippen molar-refractivity contribution >= 4 is 11.3 Å². The Balaban J connectivity index is 1.85. The molecule has 0 aliphatic carbocycles. The van der Waals surface area contributed by atoms with E-state index in [0.717, 1.165) is 21.4 Å².